The van der Waals surface area contributed by atoms with Gasteiger partial charge in [-0.2, -0.15) is 0 Å². The Labute approximate surface area is 112 Å². The molecule has 0 bridgehead atoms. The van der Waals surface area contributed by atoms with E-state index in [1.807, 2.05) is 0 Å². The van der Waals surface area contributed by atoms with Gasteiger partial charge in [-0.15, -0.1) is 0 Å². The lowest BCUT2D eigenvalue weighted by Crippen LogP contribution is -2.41. The van der Waals surface area contributed by atoms with Gasteiger partial charge in [-0.25, -0.2) is 0 Å². The molecular weight excluding hydrogens is 222 g/mol. The molecule has 0 radical (unpaired) electrons. The van der Waals surface area contributed by atoms with Crippen LogP contribution >= 0.6 is 0 Å². The molecule has 0 aromatic rings. The molecule has 2 rings (SSSR count). The van der Waals surface area contributed by atoms with E-state index in [2.05, 4.69) is 23.7 Å². The van der Waals surface area contributed by atoms with E-state index in [1.165, 1.54) is 44.9 Å². The predicted octanol–water partition coefficient (Wildman–Crippen LogP) is 3.00. The molecule has 1 saturated carbocycles. The first-order valence-corrected chi connectivity index (χ1v) is 7.62. The molecule has 0 aromatic carbocycles. The normalized spacial score (nSPS) is 26.3. The van der Waals surface area contributed by atoms with Gasteiger partial charge in [0.2, 0.25) is 0 Å². The molecule has 0 aromatic heterocycles. The number of hydrogen-bond acceptors (Lipinski definition) is 1. The van der Waals surface area contributed by atoms with Gasteiger partial charge in [-0.1, -0.05) is 13.8 Å². The standard InChI is InChI=1S/C15H29N3/c1-15(2)8-6-13(7-9-15)12-17-14(16)18-10-4-3-5-11-18/h13H,3-12H2,1-2H3,(H2,16,17). The number of nitrogens with two attached hydrogens (primary N) is 1. The molecule has 3 heteroatoms. The van der Waals surface area contributed by atoms with E-state index in [4.69, 9.17) is 5.73 Å². The molecule has 0 atom stereocenters. The number of guanidine groups is 1. The van der Waals surface area contributed by atoms with Gasteiger partial charge in [0.25, 0.3) is 0 Å². The number of hydrogen-bond donors (Lipinski definition) is 1. The Morgan fingerprint density at radius 1 is 1.17 bits per heavy atom. The molecule has 2 fully saturated rings. The van der Waals surface area contributed by atoms with Crippen molar-refractivity contribution in [3.05, 3.63) is 0 Å². The molecule has 1 saturated heterocycles. The van der Waals surface area contributed by atoms with Crippen LogP contribution in [0.4, 0.5) is 0 Å². The van der Waals surface area contributed by atoms with Gasteiger partial charge < -0.3 is 10.6 Å². The third-order valence-corrected chi connectivity index (χ3v) is 4.65. The zero-order valence-electron chi connectivity index (χ0n) is 12.1. The number of rotatable bonds is 2. The van der Waals surface area contributed by atoms with E-state index in [0.29, 0.717) is 5.41 Å². The van der Waals surface area contributed by atoms with Crippen LogP contribution in [0.3, 0.4) is 0 Å². The Bertz CT molecular complexity index is 280. The third kappa shape index (κ3) is 3.89. The van der Waals surface area contributed by atoms with Crippen molar-refractivity contribution >= 4 is 5.96 Å². The highest BCUT2D eigenvalue weighted by molar-refractivity contribution is 5.78. The molecule has 2 aliphatic rings. The maximum atomic E-state index is 6.09. The summed E-state index contributed by atoms with van der Waals surface area (Å²) in [5, 5.41) is 0. The van der Waals surface area contributed by atoms with Gasteiger partial charge in [0.15, 0.2) is 5.96 Å². The van der Waals surface area contributed by atoms with Crippen LogP contribution in [0, 0.1) is 11.3 Å². The molecule has 104 valence electrons. The summed E-state index contributed by atoms with van der Waals surface area (Å²) >= 11 is 0. The molecule has 0 unspecified atom stereocenters. The van der Waals surface area contributed by atoms with Crippen molar-refractivity contribution in [3.63, 3.8) is 0 Å². The Kier molecular flexibility index (Phi) is 4.52. The van der Waals surface area contributed by atoms with Crippen LogP contribution in [0.2, 0.25) is 0 Å². The van der Waals surface area contributed by atoms with Gasteiger partial charge in [-0.05, 0) is 56.3 Å². The molecule has 3 nitrogen and oxygen atoms in total. The summed E-state index contributed by atoms with van der Waals surface area (Å²) < 4.78 is 0. The molecular formula is C15H29N3. The fourth-order valence-corrected chi connectivity index (χ4v) is 3.09. The summed E-state index contributed by atoms with van der Waals surface area (Å²) in [6, 6.07) is 0. The van der Waals surface area contributed by atoms with Crippen molar-refractivity contribution in [1.29, 1.82) is 0 Å². The van der Waals surface area contributed by atoms with E-state index < -0.39 is 0 Å². The Balaban J connectivity index is 1.76. The number of likely N-dealkylation sites (tertiary alicyclic amines) is 1. The Hall–Kier alpha value is -0.730. The second-order valence-electron chi connectivity index (χ2n) is 6.85. The maximum absolute atomic E-state index is 6.09. The third-order valence-electron chi connectivity index (χ3n) is 4.65. The van der Waals surface area contributed by atoms with E-state index in [0.717, 1.165) is 31.5 Å². The second-order valence-corrected chi connectivity index (χ2v) is 6.85. The molecule has 1 aliphatic heterocycles. The highest BCUT2D eigenvalue weighted by Gasteiger charge is 2.26. The lowest BCUT2D eigenvalue weighted by Gasteiger charge is -2.34. The van der Waals surface area contributed by atoms with Gasteiger partial charge in [0, 0.05) is 19.6 Å². The summed E-state index contributed by atoms with van der Waals surface area (Å²) in [5.74, 6) is 1.56. The smallest absolute Gasteiger partial charge is 0.191 e. The van der Waals surface area contributed by atoms with E-state index >= 15 is 0 Å². The van der Waals surface area contributed by atoms with Gasteiger partial charge in [0.1, 0.15) is 0 Å². The Morgan fingerprint density at radius 2 is 1.78 bits per heavy atom. The average molecular weight is 251 g/mol. The van der Waals surface area contributed by atoms with Crippen molar-refractivity contribution in [3.8, 4) is 0 Å². The highest BCUT2D eigenvalue weighted by atomic mass is 15.2. The zero-order valence-corrected chi connectivity index (χ0v) is 12.1. The topological polar surface area (TPSA) is 41.6 Å². The summed E-state index contributed by atoms with van der Waals surface area (Å²) in [6.45, 7) is 7.92. The van der Waals surface area contributed by atoms with Crippen LogP contribution in [0.5, 0.6) is 0 Å². The lowest BCUT2D eigenvalue weighted by molar-refractivity contribution is 0.195. The van der Waals surface area contributed by atoms with E-state index in [-0.39, 0.29) is 0 Å². The van der Waals surface area contributed by atoms with E-state index in [9.17, 15) is 0 Å². The summed E-state index contributed by atoms with van der Waals surface area (Å²) in [6.07, 6.45) is 9.23. The van der Waals surface area contributed by atoms with Crippen LogP contribution < -0.4 is 5.73 Å². The number of aliphatic imine (C=N–C) groups is 1. The van der Waals surface area contributed by atoms with Crippen LogP contribution in [0.1, 0.15) is 58.8 Å². The molecule has 0 amide bonds. The Morgan fingerprint density at radius 3 is 2.39 bits per heavy atom. The van der Waals surface area contributed by atoms with Crippen molar-refractivity contribution in [2.45, 2.75) is 58.8 Å². The first-order chi connectivity index (χ1) is 8.57. The second kappa shape index (κ2) is 5.94. The van der Waals surface area contributed by atoms with Crippen molar-refractivity contribution < 1.29 is 0 Å². The van der Waals surface area contributed by atoms with Crippen molar-refractivity contribution in [2.24, 2.45) is 22.1 Å². The van der Waals surface area contributed by atoms with Crippen LogP contribution in [-0.2, 0) is 0 Å². The largest absolute Gasteiger partial charge is 0.370 e. The number of nitrogens with zero attached hydrogens (tertiary/aromatic N) is 2. The fourth-order valence-electron chi connectivity index (χ4n) is 3.09. The van der Waals surface area contributed by atoms with Crippen molar-refractivity contribution in [2.75, 3.05) is 19.6 Å². The number of piperidine rings is 1. The predicted molar refractivity (Wildman–Crippen MR) is 77.7 cm³/mol. The summed E-state index contributed by atoms with van der Waals surface area (Å²) in [7, 11) is 0. The van der Waals surface area contributed by atoms with Crippen LogP contribution in [-0.4, -0.2) is 30.5 Å². The zero-order chi connectivity index (χ0) is 13.0. The maximum Gasteiger partial charge on any atom is 0.191 e. The fraction of sp³-hybridized carbons (Fsp3) is 0.933. The quantitative estimate of drug-likeness (QED) is 0.605. The molecule has 1 heterocycles. The van der Waals surface area contributed by atoms with Gasteiger partial charge in [-0.3, -0.25) is 4.99 Å². The van der Waals surface area contributed by atoms with Crippen LogP contribution in [0.25, 0.3) is 0 Å². The summed E-state index contributed by atoms with van der Waals surface area (Å²) in [5.41, 5.74) is 6.65. The first-order valence-electron chi connectivity index (χ1n) is 7.62. The minimum Gasteiger partial charge on any atom is -0.370 e. The minimum absolute atomic E-state index is 0.554. The van der Waals surface area contributed by atoms with Gasteiger partial charge in [0.05, 0.1) is 0 Å². The first kappa shape index (κ1) is 13.7. The molecule has 1 aliphatic carbocycles. The molecule has 0 spiro atoms. The van der Waals surface area contributed by atoms with Crippen LogP contribution in [0.15, 0.2) is 4.99 Å². The van der Waals surface area contributed by atoms with Gasteiger partial charge >= 0.3 is 0 Å². The highest BCUT2D eigenvalue weighted by Crippen LogP contribution is 2.37. The van der Waals surface area contributed by atoms with E-state index in [1.54, 1.807) is 0 Å². The average Bonchev–Trinajstić information content (AvgIpc) is 2.38. The van der Waals surface area contributed by atoms with Crippen molar-refractivity contribution in [1.82, 2.24) is 4.90 Å². The SMILES string of the molecule is CC1(C)CCC(CN=C(N)N2CCCCC2)CC1. The summed E-state index contributed by atoms with van der Waals surface area (Å²) in [4.78, 5) is 6.90. The lowest BCUT2D eigenvalue weighted by atomic mass is 9.73. The monoisotopic (exact) mass is 251 g/mol. The molecule has 2 N–H and O–H groups in total. The minimum atomic E-state index is 0.554. The molecule has 18 heavy (non-hydrogen) atoms.